The van der Waals surface area contributed by atoms with Crippen molar-refractivity contribution in [2.24, 2.45) is 11.3 Å². The van der Waals surface area contributed by atoms with Crippen LogP contribution >= 0.6 is 12.4 Å². The Kier molecular flexibility index (Phi) is 5.82. The van der Waals surface area contributed by atoms with Gasteiger partial charge in [-0.2, -0.15) is 0 Å². The minimum atomic E-state index is -0.742. The Balaban J connectivity index is 0.00000225. The molecule has 0 bridgehead atoms. The molecule has 7 heteroatoms. The largest absolute Gasteiger partial charge is 0.341 e. The number of carbonyl (C=O) groups excluding carboxylic acids is 3. The predicted octanol–water partition coefficient (Wildman–Crippen LogP) is 2.33. The van der Waals surface area contributed by atoms with E-state index in [9.17, 15) is 14.4 Å². The van der Waals surface area contributed by atoms with Gasteiger partial charge in [-0.3, -0.25) is 19.3 Å². The van der Waals surface area contributed by atoms with Crippen molar-refractivity contribution in [2.45, 2.75) is 39.2 Å². The number of fused-ring (bicyclic) bond motifs is 1. The summed E-state index contributed by atoms with van der Waals surface area (Å²) in [5.74, 6) is -0.934. The van der Waals surface area contributed by atoms with Crippen LogP contribution in [0.4, 0.5) is 0 Å². The Morgan fingerprint density at radius 2 is 1.61 bits per heavy atom. The van der Waals surface area contributed by atoms with Crippen molar-refractivity contribution in [2.75, 3.05) is 26.2 Å². The van der Waals surface area contributed by atoms with Gasteiger partial charge in [-0.05, 0) is 49.3 Å². The normalized spacial score (nSPS) is 21.8. The minimum Gasteiger partial charge on any atom is -0.341 e. The van der Waals surface area contributed by atoms with E-state index in [2.05, 4.69) is 5.32 Å². The molecule has 1 atom stereocenters. The molecule has 1 N–H and O–H groups in total. The number of carbonyl (C=O) groups is 3. The molecule has 3 aliphatic rings. The van der Waals surface area contributed by atoms with Crippen LogP contribution in [-0.2, 0) is 4.79 Å². The van der Waals surface area contributed by atoms with E-state index in [1.807, 2.05) is 18.7 Å². The lowest BCUT2D eigenvalue weighted by molar-refractivity contribution is -0.139. The van der Waals surface area contributed by atoms with Crippen molar-refractivity contribution in [3.8, 4) is 0 Å². The summed E-state index contributed by atoms with van der Waals surface area (Å²) in [6, 6.07) is 6.08. The number of nitrogens with one attached hydrogen (secondary N) is 1. The number of piperidine rings is 1. The van der Waals surface area contributed by atoms with Crippen LogP contribution < -0.4 is 5.32 Å². The van der Waals surface area contributed by atoms with Gasteiger partial charge in [0.15, 0.2) is 0 Å². The number of benzene rings is 1. The first-order chi connectivity index (χ1) is 12.9. The van der Waals surface area contributed by atoms with Crippen molar-refractivity contribution >= 4 is 30.1 Å². The maximum absolute atomic E-state index is 13.3. The number of nitrogens with zero attached hydrogens (tertiary/aromatic N) is 2. The first-order valence-corrected chi connectivity index (χ1v) is 9.90. The van der Waals surface area contributed by atoms with Gasteiger partial charge in [0.2, 0.25) is 5.91 Å². The Bertz CT molecular complexity index is 744. The molecule has 0 saturated carbocycles. The van der Waals surface area contributed by atoms with E-state index in [4.69, 9.17) is 0 Å². The molecule has 1 unspecified atom stereocenters. The molecular formula is C21H28ClN3O3. The second kappa shape index (κ2) is 7.84. The smallest absolute Gasteiger partial charge is 0.262 e. The van der Waals surface area contributed by atoms with Gasteiger partial charge in [0.05, 0.1) is 11.1 Å². The lowest BCUT2D eigenvalue weighted by Crippen LogP contribution is -2.55. The van der Waals surface area contributed by atoms with Crippen LogP contribution in [0.2, 0.25) is 0 Å². The summed E-state index contributed by atoms with van der Waals surface area (Å²) >= 11 is 0. The number of imide groups is 1. The highest BCUT2D eigenvalue weighted by molar-refractivity contribution is 6.22. The zero-order chi connectivity index (χ0) is 19.2. The lowest BCUT2D eigenvalue weighted by Gasteiger charge is -2.41. The summed E-state index contributed by atoms with van der Waals surface area (Å²) in [4.78, 5) is 42.1. The van der Waals surface area contributed by atoms with Crippen molar-refractivity contribution < 1.29 is 14.4 Å². The Labute approximate surface area is 172 Å². The molecule has 1 aromatic carbocycles. The molecule has 152 valence electrons. The molecule has 4 rings (SSSR count). The average Bonchev–Trinajstić information content (AvgIpc) is 3.21. The molecule has 0 radical (unpaired) electrons. The molecule has 3 aliphatic heterocycles. The number of likely N-dealkylation sites (tertiary alicyclic amines) is 1. The van der Waals surface area contributed by atoms with Crippen LogP contribution in [0, 0.1) is 11.3 Å². The molecular weight excluding hydrogens is 378 g/mol. The molecule has 1 spiro atoms. The predicted molar refractivity (Wildman–Crippen MR) is 109 cm³/mol. The maximum Gasteiger partial charge on any atom is 0.262 e. The Morgan fingerprint density at radius 3 is 2.07 bits per heavy atom. The highest BCUT2D eigenvalue weighted by Crippen LogP contribution is 2.37. The molecule has 6 nitrogen and oxygen atoms in total. The van der Waals surface area contributed by atoms with Gasteiger partial charge in [0.25, 0.3) is 11.8 Å². The van der Waals surface area contributed by atoms with E-state index in [0.717, 1.165) is 25.9 Å². The van der Waals surface area contributed by atoms with E-state index >= 15 is 0 Å². The van der Waals surface area contributed by atoms with Gasteiger partial charge in [0, 0.05) is 19.6 Å². The van der Waals surface area contributed by atoms with Crippen LogP contribution in [0.15, 0.2) is 24.3 Å². The van der Waals surface area contributed by atoms with E-state index in [0.29, 0.717) is 29.6 Å². The highest BCUT2D eigenvalue weighted by Gasteiger charge is 2.46. The monoisotopic (exact) mass is 405 g/mol. The second-order valence-corrected chi connectivity index (χ2v) is 8.47. The fourth-order valence-corrected chi connectivity index (χ4v) is 4.77. The summed E-state index contributed by atoms with van der Waals surface area (Å²) < 4.78 is 0. The van der Waals surface area contributed by atoms with Crippen LogP contribution in [0.25, 0.3) is 0 Å². The highest BCUT2D eigenvalue weighted by atomic mass is 35.5. The Hall–Kier alpha value is -1.92. The molecule has 0 aliphatic carbocycles. The summed E-state index contributed by atoms with van der Waals surface area (Å²) in [6.07, 6.45) is 3.14. The summed E-state index contributed by atoms with van der Waals surface area (Å²) in [6.45, 7) is 7.29. The first-order valence-electron chi connectivity index (χ1n) is 9.90. The van der Waals surface area contributed by atoms with Gasteiger partial charge >= 0.3 is 0 Å². The van der Waals surface area contributed by atoms with Crippen molar-refractivity contribution in [1.29, 1.82) is 0 Å². The van der Waals surface area contributed by atoms with Gasteiger partial charge in [-0.25, -0.2) is 0 Å². The standard InChI is InChI=1S/C21H27N3O3.ClH/c1-14(2)17(24-18(25)15-5-3-4-6-16(15)19(24)26)20(27)23-11-8-21(9-12-23)7-10-22-13-21;/h3-6,14,17,22H,7-13H2,1-2H3;1H. The van der Waals surface area contributed by atoms with Crippen LogP contribution in [0.1, 0.15) is 53.8 Å². The van der Waals surface area contributed by atoms with Crippen molar-refractivity contribution in [3.05, 3.63) is 35.4 Å². The number of rotatable bonds is 3. The zero-order valence-electron chi connectivity index (χ0n) is 16.4. The summed E-state index contributed by atoms with van der Waals surface area (Å²) in [5, 5.41) is 3.43. The van der Waals surface area contributed by atoms with Crippen molar-refractivity contribution in [3.63, 3.8) is 0 Å². The molecule has 2 fully saturated rings. The van der Waals surface area contributed by atoms with E-state index in [1.165, 1.54) is 11.3 Å². The number of hydrogen-bond donors (Lipinski definition) is 1. The summed E-state index contributed by atoms with van der Waals surface area (Å²) in [5.41, 5.74) is 1.12. The number of halogens is 1. The van der Waals surface area contributed by atoms with E-state index in [1.54, 1.807) is 24.3 Å². The second-order valence-electron chi connectivity index (χ2n) is 8.47. The summed E-state index contributed by atoms with van der Waals surface area (Å²) in [7, 11) is 0. The van der Waals surface area contributed by atoms with Crippen LogP contribution in [0.3, 0.4) is 0 Å². The SMILES string of the molecule is CC(C)C(C(=O)N1CCC2(CCNC2)CC1)N1C(=O)c2ccccc2C1=O.Cl. The molecule has 0 aromatic heterocycles. The van der Waals surface area contributed by atoms with Crippen LogP contribution in [0.5, 0.6) is 0 Å². The number of hydrogen-bond acceptors (Lipinski definition) is 4. The molecule has 3 amide bonds. The van der Waals surface area contributed by atoms with Crippen LogP contribution in [-0.4, -0.2) is 59.7 Å². The van der Waals surface area contributed by atoms with Gasteiger partial charge in [0.1, 0.15) is 6.04 Å². The fourth-order valence-electron chi connectivity index (χ4n) is 4.77. The lowest BCUT2D eigenvalue weighted by atomic mass is 9.77. The third kappa shape index (κ3) is 3.33. The quantitative estimate of drug-likeness (QED) is 0.783. The Morgan fingerprint density at radius 1 is 1.04 bits per heavy atom. The number of amides is 3. The van der Waals surface area contributed by atoms with E-state index in [-0.39, 0.29) is 36.0 Å². The fraction of sp³-hybridized carbons (Fsp3) is 0.571. The average molecular weight is 406 g/mol. The van der Waals surface area contributed by atoms with Gasteiger partial charge < -0.3 is 10.2 Å². The minimum absolute atomic E-state index is 0. The van der Waals surface area contributed by atoms with Gasteiger partial charge in [-0.1, -0.05) is 26.0 Å². The molecule has 2 saturated heterocycles. The maximum atomic E-state index is 13.3. The zero-order valence-corrected chi connectivity index (χ0v) is 17.3. The molecule has 3 heterocycles. The van der Waals surface area contributed by atoms with Gasteiger partial charge in [-0.15, -0.1) is 12.4 Å². The molecule has 28 heavy (non-hydrogen) atoms. The van der Waals surface area contributed by atoms with E-state index < -0.39 is 6.04 Å². The third-order valence-corrected chi connectivity index (χ3v) is 6.46. The molecule has 1 aromatic rings. The first kappa shape index (κ1) is 20.8. The van der Waals surface area contributed by atoms with Crippen molar-refractivity contribution in [1.82, 2.24) is 15.1 Å². The third-order valence-electron chi connectivity index (χ3n) is 6.46. The topological polar surface area (TPSA) is 69.7 Å².